The molecule has 17 heavy (non-hydrogen) atoms. The maximum Gasteiger partial charge on any atom is 0.161 e. The first-order chi connectivity index (χ1) is 8.33. The van der Waals surface area contributed by atoms with Crippen LogP contribution in [-0.4, -0.2) is 7.11 Å². The van der Waals surface area contributed by atoms with Crippen LogP contribution >= 0.6 is 22.9 Å². The van der Waals surface area contributed by atoms with Crippen molar-refractivity contribution in [3.8, 4) is 11.5 Å². The molecular formula is C13H13ClO2S. The zero-order valence-electron chi connectivity index (χ0n) is 9.48. The van der Waals surface area contributed by atoms with Crippen molar-refractivity contribution in [2.45, 2.75) is 12.5 Å². The van der Waals surface area contributed by atoms with Crippen molar-refractivity contribution in [3.05, 3.63) is 46.2 Å². The number of thiophene rings is 1. The van der Waals surface area contributed by atoms with Crippen molar-refractivity contribution in [2.24, 2.45) is 0 Å². The van der Waals surface area contributed by atoms with Crippen molar-refractivity contribution in [3.63, 3.8) is 0 Å². The summed E-state index contributed by atoms with van der Waals surface area (Å²) in [6.07, 6.45) is 0. The van der Waals surface area contributed by atoms with Crippen LogP contribution in [0.3, 0.4) is 0 Å². The van der Waals surface area contributed by atoms with Gasteiger partial charge in [0.25, 0.3) is 0 Å². The number of halogens is 1. The first-order valence-electron chi connectivity index (χ1n) is 5.21. The molecule has 0 saturated carbocycles. The van der Waals surface area contributed by atoms with Gasteiger partial charge in [0.1, 0.15) is 6.61 Å². The van der Waals surface area contributed by atoms with Crippen molar-refractivity contribution in [1.82, 2.24) is 0 Å². The molecule has 0 atom stereocenters. The predicted molar refractivity (Wildman–Crippen MR) is 71.2 cm³/mol. The molecule has 0 amide bonds. The van der Waals surface area contributed by atoms with Gasteiger partial charge in [-0.15, -0.1) is 22.9 Å². The highest BCUT2D eigenvalue weighted by molar-refractivity contribution is 7.09. The topological polar surface area (TPSA) is 18.5 Å². The summed E-state index contributed by atoms with van der Waals surface area (Å²) in [7, 11) is 1.63. The van der Waals surface area contributed by atoms with Crippen LogP contribution in [0.5, 0.6) is 11.5 Å². The number of benzene rings is 1. The van der Waals surface area contributed by atoms with Crippen LogP contribution < -0.4 is 9.47 Å². The van der Waals surface area contributed by atoms with E-state index in [0.717, 1.165) is 17.1 Å². The number of ether oxygens (including phenoxy) is 2. The zero-order chi connectivity index (χ0) is 12.1. The Labute approximate surface area is 110 Å². The highest BCUT2D eigenvalue weighted by Gasteiger charge is 2.06. The lowest BCUT2D eigenvalue weighted by molar-refractivity contribution is 0.287. The minimum Gasteiger partial charge on any atom is -0.493 e. The van der Waals surface area contributed by atoms with Crippen LogP contribution in [0, 0.1) is 0 Å². The quantitative estimate of drug-likeness (QED) is 0.761. The molecule has 0 radical (unpaired) electrons. The average Bonchev–Trinajstić information content (AvgIpc) is 2.89. The van der Waals surface area contributed by atoms with Crippen LogP contribution in [0.15, 0.2) is 35.7 Å². The molecule has 0 spiro atoms. The Morgan fingerprint density at radius 3 is 2.76 bits per heavy atom. The molecular weight excluding hydrogens is 256 g/mol. The summed E-state index contributed by atoms with van der Waals surface area (Å²) in [6.45, 7) is 0.564. The number of alkyl halides is 1. The summed E-state index contributed by atoms with van der Waals surface area (Å²) in [5, 5.41) is 2.03. The van der Waals surface area contributed by atoms with E-state index in [0.29, 0.717) is 12.5 Å². The Morgan fingerprint density at radius 1 is 1.24 bits per heavy atom. The highest BCUT2D eigenvalue weighted by Crippen LogP contribution is 2.29. The molecule has 0 bridgehead atoms. The number of methoxy groups -OCH3 is 1. The largest absolute Gasteiger partial charge is 0.493 e. The third-order valence-corrected chi connectivity index (χ3v) is 3.49. The third-order valence-electron chi connectivity index (χ3n) is 2.33. The van der Waals surface area contributed by atoms with Gasteiger partial charge in [-0.05, 0) is 29.1 Å². The monoisotopic (exact) mass is 268 g/mol. The van der Waals surface area contributed by atoms with Gasteiger partial charge < -0.3 is 9.47 Å². The second kappa shape index (κ2) is 5.94. The zero-order valence-corrected chi connectivity index (χ0v) is 11.1. The number of hydrogen-bond donors (Lipinski definition) is 0. The molecule has 0 fully saturated rings. The predicted octanol–water partition coefficient (Wildman–Crippen LogP) is 4.07. The molecule has 4 heteroatoms. The molecule has 0 saturated heterocycles. The summed E-state index contributed by atoms with van der Waals surface area (Å²) >= 11 is 7.45. The third kappa shape index (κ3) is 3.14. The maximum atomic E-state index is 5.77. The summed E-state index contributed by atoms with van der Waals surface area (Å²) in [4.78, 5) is 1.19. The van der Waals surface area contributed by atoms with E-state index in [1.54, 1.807) is 18.4 Å². The molecule has 0 unspecified atom stereocenters. The van der Waals surface area contributed by atoms with E-state index in [9.17, 15) is 0 Å². The van der Waals surface area contributed by atoms with E-state index in [1.807, 2.05) is 35.7 Å². The van der Waals surface area contributed by atoms with E-state index in [1.165, 1.54) is 4.88 Å². The number of rotatable bonds is 5. The lowest BCUT2D eigenvalue weighted by Crippen LogP contribution is -1.96. The van der Waals surface area contributed by atoms with Gasteiger partial charge in [0.15, 0.2) is 11.5 Å². The lowest BCUT2D eigenvalue weighted by Gasteiger charge is -2.10. The first kappa shape index (κ1) is 12.3. The SMILES string of the molecule is COc1cc(CCl)ccc1OCc1cccs1. The Morgan fingerprint density at radius 2 is 2.12 bits per heavy atom. The van der Waals surface area contributed by atoms with E-state index in [4.69, 9.17) is 21.1 Å². The summed E-state index contributed by atoms with van der Waals surface area (Å²) < 4.78 is 11.0. The number of hydrogen-bond acceptors (Lipinski definition) is 3. The van der Waals surface area contributed by atoms with Gasteiger partial charge in [0.2, 0.25) is 0 Å². The fraction of sp³-hybridized carbons (Fsp3) is 0.231. The van der Waals surface area contributed by atoms with Gasteiger partial charge in [0.05, 0.1) is 7.11 Å². The Kier molecular flexibility index (Phi) is 4.29. The Hall–Kier alpha value is -1.19. The van der Waals surface area contributed by atoms with Crippen molar-refractivity contribution in [1.29, 1.82) is 0 Å². The fourth-order valence-electron chi connectivity index (χ4n) is 1.46. The smallest absolute Gasteiger partial charge is 0.161 e. The summed E-state index contributed by atoms with van der Waals surface area (Å²) in [5.74, 6) is 1.94. The van der Waals surface area contributed by atoms with Crippen molar-refractivity contribution in [2.75, 3.05) is 7.11 Å². The fourth-order valence-corrected chi connectivity index (χ4v) is 2.24. The van der Waals surface area contributed by atoms with Gasteiger partial charge in [-0.3, -0.25) is 0 Å². The van der Waals surface area contributed by atoms with Gasteiger partial charge in [-0.1, -0.05) is 12.1 Å². The molecule has 90 valence electrons. The van der Waals surface area contributed by atoms with E-state index >= 15 is 0 Å². The maximum absolute atomic E-state index is 5.77. The lowest BCUT2D eigenvalue weighted by atomic mass is 10.2. The minimum absolute atomic E-state index is 0.474. The first-order valence-corrected chi connectivity index (χ1v) is 6.63. The molecule has 1 heterocycles. The van der Waals surface area contributed by atoms with Gasteiger partial charge in [0, 0.05) is 10.8 Å². The normalized spacial score (nSPS) is 10.2. The molecule has 0 aliphatic carbocycles. The molecule has 0 aliphatic heterocycles. The molecule has 0 aliphatic rings. The van der Waals surface area contributed by atoms with E-state index in [2.05, 4.69) is 0 Å². The van der Waals surface area contributed by atoms with Crippen LogP contribution in [0.25, 0.3) is 0 Å². The van der Waals surface area contributed by atoms with Gasteiger partial charge >= 0.3 is 0 Å². The summed E-state index contributed by atoms with van der Waals surface area (Å²) in [5.41, 5.74) is 1.02. The average molecular weight is 269 g/mol. The molecule has 2 aromatic rings. The summed E-state index contributed by atoms with van der Waals surface area (Å²) in [6, 6.07) is 9.79. The van der Waals surface area contributed by atoms with Crippen LogP contribution in [0.4, 0.5) is 0 Å². The van der Waals surface area contributed by atoms with Gasteiger partial charge in [-0.2, -0.15) is 0 Å². The van der Waals surface area contributed by atoms with Crippen molar-refractivity contribution < 1.29 is 9.47 Å². The van der Waals surface area contributed by atoms with Crippen LogP contribution in [0.2, 0.25) is 0 Å². The Balaban J connectivity index is 2.09. The minimum atomic E-state index is 0.474. The Bertz CT molecular complexity index is 468. The van der Waals surface area contributed by atoms with Gasteiger partial charge in [-0.25, -0.2) is 0 Å². The molecule has 0 N–H and O–H groups in total. The van der Waals surface area contributed by atoms with E-state index < -0.39 is 0 Å². The molecule has 2 rings (SSSR count). The molecule has 1 aromatic heterocycles. The molecule has 2 nitrogen and oxygen atoms in total. The second-order valence-corrected chi connectivity index (χ2v) is 4.79. The van der Waals surface area contributed by atoms with Crippen LogP contribution in [0.1, 0.15) is 10.4 Å². The van der Waals surface area contributed by atoms with Crippen LogP contribution in [-0.2, 0) is 12.5 Å². The standard InChI is InChI=1S/C13H13ClO2S/c1-15-13-7-10(8-14)4-5-12(13)16-9-11-3-2-6-17-11/h2-7H,8-9H2,1H3. The van der Waals surface area contributed by atoms with Crippen molar-refractivity contribution >= 4 is 22.9 Å². The molecule has 1 aromatic carbocycles. The highest BCUT2D eigenvalue weighted by atomic mass is 35.5. The second-order valence-electron chi connectivity index (χ2n) is 3.49. The van der Waals surface area contributed by atoms with E-state index in [-0.39, 0.29) is 0 Å².